The monoisotopic (exact) mass is 469 g/mol. The van der Waals surface area contributed by atoms with E-state index in [0.29, 0.717) is 17.7 Å². The van der Waals surface area contributed by atoms with Crippen LogP contribution in [0.1, 0.15) is 69.9 Å². The average Bonchev–Trinajstić information content (AvgIpc) is 3.52. The highest BCUT2D eigenvalue weighted by Gasteiger charge is 2.34. The quantitative estimate of drug-likeness (QED) is 0.730. The molecule has 0 spiro atoms. The Balaban J connectivity index is 1.27. The molecule has 3 heterocycles. The van der Waals surface area contributed by atoms with Crippen LogP contribution in [-0.4, -0.2) is 70.7 Å². The fourth-order valence-corrected chi connectivity index (χ4v) is 6.58. The molecule has 1 aliphatic heterocycles. The van der Waals surface area contributed by atoms with Crippen LogP contribution in [0.4, 0.5) is 0 Å². The second kappa shape index (κ2) is 9.97. The molecule has 1 saturated heterocycles. The number of nitrogens with zero attached hydrogens (tertiary/aromatic N) is 4. The van der Waals surface area contributed by atoms with Crippen molar-refractivity contribution in [1.29, 1.82) is 0 Å². The fraction of sp³-hybridized carbons (Fsp3) is 0.640. The number of fused-ring (bicyclic) bond motifs is 1. The van der Waals surface area contributed by atoms with E-state index in [4.69, 9.17) is 5.10 Å². The van der Waals surface area contributed by atoms with Gasteiger partial charge in [-0.1, -0.05) is 25.3 Å². The van der Waals surface area contributed by atoms with E-state index in [1.807, 2.05) is 22.4 Å². The SMILES string of the molecule is CNC(=O)c1nn(CC2CCCCC2)c2c1CC(N1CCN(C(=O)c3cccs3)CC1)CC2. The van der Waals surface area contributed by atoms with Crippen LogP contribution in [0.15, 0.2) is 17.5 Å². The third-order valence-corrected chi connectivity index (χ3v) is 8.63. The maximum absolute atomic E-state index is 12.7. The first kappa shape index (κ1) is 22.6. The van der Waals surface area contributed by atoms with Crippen molar-refractivity contribution in [2.24, 2.45) is 5.92 Å². The van der Waals surface area contributed by atoms with Crippen molar-refractivity contribution >= 4 is 23.2 Å². The van der Waals surface area contributed by atoms with Gasteiger partial charge in [-0.25, -0.2) is 0 Å². The lowest BCUT2D eigenvalue weighted by molar-refractivity contribution is 0.0555. The summed E-state index contributed by atoms with van der Waals surface area (Å²) in [5, 5.41) is 9.60. The molecule has 1 atom stereocenters. The van der Waals surface area contributed by atoms with Gasteiger partial charge in [0.25, 0.3) is 11.8 Å². The van der Waals surface area contributed by atoms with E-state index in [-0.39, 0.29) is 11.8 Å². The minimum absolute atomic E-state index is 0.0688. The van der Waals surface area contributed by atoms with E-state index < -0.39 is 0 Å². The highest BCUT2D eigenvalue weighted by molar-refractivity contribution is 7.12. The first-order chi connectivity index (χ1) is 16.1. The summed E-state index contributed by atoms with van der Waals surface area (Å²) >= 11 is 1.51. The number of carbonyl (C=O) groups excluding carboxylic acids is 2. The number of nitrogens with one attached hydrogen (secondary N) is 1. The number of thiophene rings is 1. The number of carbonyl (C=O) groups is 2. The number of hydrogen-bond acceptors (Lipinski definition) is 5. The summed E-state index contributed by atoms with van der Waals surface area (Å²) in [6.45, 7) is 4.27. The van der Waals surface area contributed by atoms with Crippen molar-refractivity contribution in [2.75, 3.05) is 33.2 Å². The summed E-state index contributed by atoms with van der Waals surface area (Å²) < 4.78 is 2.17. The molecule has 2 amide bonds. The lowest BCUT2D eigenvalue weighted by Crippen LogP contribution is -2.53. The highest BCUT2D eigenvalue weighted by Crippen LogP contribution is 2.31. The van der Waals surface area contributed by atoms with Crippen molar-refractivity contribution in [3.05, 3.63) is 39.3 Å². The van der Waals surface area contributed by atoms with Crippen LogP contribution in [0.5, 0.6) is 0 Å². The summed E-state index contributed by atoms with van der Waals surface area (Å²) in [5.41, 5.74) is 3.06. The second-order valence-corrected chi connectivity index (χ2v) is 10.7. The van der Waals surface area contributed by atoms with Crippen LogP contribution in [-0.2, 0) is 19.4 Å². The number of rotatable bonds is 5. The minimum atomic E-state index is -0.0688. The van der Waals surface area contributed by atoms with Crippen molar-refractivity contribution in [3.63, 3.8) is 0 Å². The molecule has 2 aromatic heterocycles. The molecular formula is C25H35N5O2S. The Bertz CT molecular complexity index is 971. The molecule has 2 aliphatic carbocycles. The standard InChI is InChI=1S/C25H35N5O2S/c1-26-24(31)23-20-16-19(9-10-21(20)30(27-23)17-18-6-3-2-4-7-18)28-11-13-29(14-12-28)25(32)22-8-5-15-33-22/h5,8,15,18-19H,2-4,6-7,9-14,16-17H2,1H3,(H,26,31). The molecule has 1 saturated carbocycles. The van der Waals surface area contributed by atoms with Crippen molar-refractivity contribution in [2.45, 2.75) is 64.0 Å². The van der Waals surface area contributed by atoms with Crippen molar-refractivity contribution in [3.8, 4) is 0 Å². The molecule has 33 heavy (non-hydrogen) atoms. The van der Waals surface area contributed by atoms with Gasteiger partial charge in [0, 0.05) is 57.1 Å². The third kappa shape index (κ3) is 4.73. The first-order valence-corrected chi connectivity index (χ1v) is 13.4. The summed E-state index contributed by atoms with van der Waals surface area (Å²) in [5.74, 6) is 0.772. The summed E-state index contributed by atoms with van der Waals surface area (Å²) in [7, 11) is 1.69. The lowest BCUT2D eigenvalue weighted by atomic mass is 9.88. The summed E-state index contributed by atoms with van der Waals surface area (Å²) in [6, 6.07) is 4.26. The molecule has 1 N–H and O–H groups in total. The second-order valence-electron chi connectivity index (χ2n) is 9.74. The van der Waals surface area contributed by atoms with E-state index in [2.05, 4.69) is 14.9 Å². The molecular weight excluding hydrogens is 434 g/mol. The Morgan fingerprint density at radius 3 is 2.61 bits per heavy atom. The third-order valence-electron chi connectivity index (χ3n) is 7.77. The number of amides is 2. The van der Waals surface area contributed by atoms with E-state index in [9.17, 15) is 9.59 Å². The minimum Gasteiger partial charge on any atom is -0.354 e. The molecule has 3 aliphatic rings. The van der Waals surface area contributed by atoms with Gasteiger partial charge in [-0.05, 0) is 49.5 Å². The van der Waals surface area contributed by atoms with E-state index in [0.717, 1.165) is 62.4 Å². The Morgan fingerprint density at radius 1 is 1.12 bits per heavy atom. The van der Waals surface area contributed by atoms with E-state index >= 15 is 0 Å². The highest BCUT2D eigenvalue weighted by atomic mass is 32.1. The Labute approximate surface area is 200 Å². The Hall–Kier alpha value is -2.19. The zero-order valence-electron chi connectivity index (χ0n) is 19.6. The van der Waals surface area contributed by atoms with Gasteiger partial charge in [0.2, 0.25) is 0 Å². The normalized spacial score (nSPS) is 22.2. The van der Waals surface area contributed by atoms with Gasteiger partial charge in [0.05, 0.1) is 4.88 Å². The number of piperazine rings is 1. The molecule has 8 heteroatoms. The molecule has 0 aromatic carbocycles. The first-order valence-electron chi connectivity index (χ1n) is 12.5. The van der Waals surface area contributed by atoms with Gasteiger partial charge >= 0.3 is 0 Å². The van der Waals surface area contributed by atoms with Crippen molar-refractivity contribution < 1.29 is 9.59 Å². The molecule has 2 fully saturated rings. The fourth-order valence-electron chi connectivity index (χ4n) is 5.89. The van der Waals surface area contributed by atoms with Crippen LogP contribution in [0.25, 0.3) is 0 Å². The topological polar surface area (TPSA) is 70.5 Å². The van der Waals surface area contributed by atoms with Crippen LogP contribution in [0.2, 0.25) is 0 Å². The van der Waals surface area contributed by atoms with Gasteiger partial charge in [0.15, 0.2) is 5.69 Å². The lowest BCUT2D eigenvalue weighted by Gasteiger charge is -2.40. The molecule has 5 rings (SSSR count). The molecule has 0 bridgehead atoms. The Morgan fingerprint density at radius 2 is 1.91 bits per heavy atom. The average molecular weight is 470 g/mol. The smallest absolute Gasteiger partial charge is 0.271 e. The zero-order valence-corrected chi connectivity index (χ0v) is 20.4. The Kier molecular flexibility index (Phi) is 6.83. The van der Waals surface area contributed by atoms with E-state index in [1.165, 1.54) is 49.1 Å². The summed E-state index contributed by atoms with van der Waals surface area (Å²) in [4.78, 5) is 30.7. The molecule has 178 valence electrons. The van der Waals surface area contributed by atoms with Crippen molar-refractivity contribution in [1.82, 2.24) is 24.9 Å². The predicted octanol–water partition coefficient (Wildman–Crippen LogP) is 3.20. The molecule has 0 radical (unpaired) electrons. The van der Waals surface area contributed by atoms with Gasteiger partial charge in [0.1, 0.15) is 0 Å². The molecule has 7 nitrogen and oxygen atoms in total. The van der Waals surface area contributed by atoms with Crippen LogP contribution in [0.3, 0.4) is 0 Å². The van der Waals surface area contributed by atoms with Gasteiger partial charge in [-0.3, -0.25) is 19.2 Å². The maximum Gasteiger partial charge on any atom is 0.271 e. The predicted molar refractivity (Wildman–Crippen MR) is 130 cm³/mol. The van der Waals surface area contributed by atoms with Crippen LogP contribution >= 0.6 is 11.3 Å². The van der Waals surface area contributed by atoms with Gasteiger partial charge < -0.3 is 10.2 Å². The molecule has 2 aromatic rings. The number of hydrogen-bond donors (Lipinski definition) is 1. The van der Waals surface area contributed by atoms with Crippen LogP contribution in [0, 0.1) is 5.92 Å². The maximum atomic E-state index is 12.7. The van der Waals surface area contributed by atoms with E-state index in [1.54, 1.807) is 7.05 Å². The zero-order chi connectivity index (χ0) is 22.8. The van der Waals surface area contributed by atoms with Gasteiger partial charge in [-0.15, -0.1) is 11.3 Å². The number of aromatic nitrogens is 2. The van der Waals surface area contributed by atoms with Crippen LogP contribution < -0.4 is 5.32 Å². The largest absolute Gasteiger partial charge is 0.354 e. The van der Waals surface area contributed by atoms with Gasteiger partial charge in [-0.2, -0.15) is 5.10 Å². The molecule has 1 unspecified atom stereocenters. The summed E-state index contributed by atoms with van der Waals surface area (Å²) in [6.07, 6.45) is 9.49.